The van der Waals surface area contributed by atoms with Crippen molar-refractivity contribution in [3.63, 3.8) is 0 Å². The Hall–Kier alpha value is -3.02. The van der Waals surface area contributed by atoms with Gasteiger partial charge in [-0.15, -0.1) is 0 Å². The van der Waals surface area contributed by atoms with Crippen LogP contribution in [0.4, 0.5) is 0 Å². The number of benzene rings is 1. The number of carbonyl (C=O) groups excluding carboxylic acids is 2. The number of carbonyl (C=O) groups is 2. The Kier molecular flexibility index (Phi) is 3.60. The number of hydrogen-bond acceptors (Lipinski definition) is 3. The quantitative estimate of drug-likeness (QED) is 0.706. The third kappa shape index (κ3) is 2.50. The number of amides is 1. The first kappa shape index (κ1) is 15.5. The summed E-state index contributed by atoms with van der Waals surface area (Å²) in [4.78, 5) is 32.9. The van der Waals surface area contributed by atoms with Crippen LogP contribution in [0.15, 0.2) is 30.6 Å². The van der Waals surface area contributed by atoms with E-state index in [0.717, 1.165) is 34.1 Å². The average Bonchev–Trinajstić information content (AvgIpc) is 3.22. The average molecular weight is 337 g/mol. The van der Waals surface area contributed by atoms with Crippen LogP contribution in [0.2, 0.25) is 0 Å². The minimum Gasteiger partial charge on any atom is -0.465 e. The number of aromatic amines is 2. The Labute approximate surface area is 144 Å². The molecule has 3 aromatic rings. The van der Waals surface area contributed by atoms with Crippen LogP contribution in [0.1, 0.15) is 37.5 Å². The first-order chi connectivity index (χ1) is 12.1. The SMILES string of the molecule is COC(=O)c1ccc2[nH]c3c(c2c1)CN(C(=O)c1c[nH]cc1C)CC3. The van der Waals surface area contributed by atoms with Crippen molar-refractivity contribution in [2.75, 3.05) is 13.7 Å². The van der Waals surface area contributed by atoms with E-state index < -0.39 is 0 Å². The van der Waals surface area contributed by atoms with Gasteiger partial charge in [0.05, 0.1) is 18.2 Å². The Morgan fingerprint density at radius 2 is 2.08 bits per heavy atom. The fourth-order valence-electron chi connectivity index (χ4n) is 3.47. The van der Waals surface area contributed by atoms with Gasteiger partial charge in [0.2, 0.25) is 0 Å². The predicted molar refractivity (Wildman–Crippen MR) is 93.6 cm³/mol. The van der Waals surface area contributed by atoms with Crippen molar-refractivity contribution in [2.45, 2.75) is 19.9 Å². The van der Waals surface area contributed by atoms with Crippen LogP contribution in [-0.2, 0) is 17.7 Å². The maximum Gasteiger partial charge on any atom is 0.337 e. The highest BCUT2D eigenvalue weighted by molar-refractivity contribution is 5.98. The van der Waals surface area contributed by atoms with E-state index in [0.29, 0.717) is 24.2 Å². The number of methoxy groups -OCH3 is 1. The molecule has 1 aliphatic heterocycles. The zero-order valence-electron chi connectivity index (χ0n) is 14.2. The minimum atomic E-state index is -0.358. The number of fused-ring (bicyclic) bond motifs is 3. The molecule has 0 fully saturated rings. The molecular weight excluding hydrogens is 318 g/mol. The predicted octanol–water partition coefficient (Wildman–Crippen LogP) is 2.79. The highest BCUT2D eigenvalue weighted by atomic mass is 16.5. The van der Waals surface area contributed by atoms with Gasteiger partial charge in [-0.25, -0.2) is 4.79 Å². The lowest BCUT2D eigenvalue weighted by molar-refractivity contribution is 0.0600. The Morgan fingerprint density at radius 1 is 1.24 bits per heavy atom. The first-order valence-corrected chi connectivity index (χ1v) is 8.23. The molecule has 2 aromatic heterocycles. The number of aryl methyl sites for hydroxylation is 1. The third-order valence-electron chi connectivity index (χ3n) is 4.87. The molecule has 0 unspecified atom stereocenters. The number of hydrogen-bond donors (Lipinski definition) is 2. The normalized spacial score (nSPS) is 13.8. The summed E-state index contributed by atoms with van der Waals surface area (Å²) in [5, 5.41) is 0.973. The van der Waals surface area contributed by atoms with Crippen LogP contribution in [-0.4, -0.2) is 40.4 Å². The zero-order chi connectivity index (χ0) is 17.6. The molecule has 1 amide bonds. The van der Waals surface area contributed by atoms with E-state index >= 15 is 0 Å². The van der Waals surface area contributed by atoms with Crippen molar-refractivity contribution in [1.82, 2.24) is 14.9 Å². The number of rotatable bonds is 2. The van der Waals surface area contributed by atoms with E-state index in [-0.39, 0.29) is 11.9 Å². The summed E-state index contributed by atoms with van der Waals surface area (Å²) >= 11 is 0. The molecular formula is C19H19N3O3. The largest absolute Gasteiger partial charge is 0.465 e. The van der Waals surface area contributed by atoms with Crippen LogP contribution in [0, 0.1) is 6.92 Å². The van der Waals surface area contributed by atoms with Crippen molar-refractivity contribution in [2.24, 2.45) is 0 Å². The molecule has 0 atom stereocenters. The van der Waals surface area contributed by atoms with Crippen molar-refractivity contribution < 1.29 is 14.3 Å². The highest BCUT2D eigenvalue weighted by Gasteiger charge is 2.26. The molecule has 0 aliphatic carbocycles. The second kappa shape index (κ2) is 5.81. The summed E-state index contributed by atoms with van der Waals surface area (Å²) in [7, 11) is 1.37. The van der Waals surface area contributed by atoms with Crippen LogP contribution >= 0.6 is 0 Å². The van der Waals surface area contributed by atoms with Gasteiger partial charge in [0.1, 0.15) is 0 Å². The van der Waals surface area contributed by atoms with Gasteiger partial charge >= 0.3 is 5.97 Å². The summed E-state index contributed by atoms with van der Waals surface area (Å²) in [5.41, 5.74) is 5.35. The van der Waals surface area contributed by atoms with Gasteiger partial charge in [0.25, 0.3) is 5.91 Å². The Balaban J connectivity index is 1.71. The van der Waals surface area contributed by atoms with E-state index in [9.17, 15) is 9.59 Å². The van der Waals surface area contributed by atoms with Gasteiger partial charge in [0.15, 0.2) is 0 Å². The molecule has 4 rings (SSSR count). The second-order valence-electron chi connectivity index (χ2n) is 6.36. The van der Waals surface area contributed by atoms with Gasteiger partial charge in [-0.2, -0.15) is 0 Å². The number of aromatic nitrogens is 2. The highest BCUT2D eigenvalue weighted by Crippen LogP contribution is 2.29. The molecule has 0 bridgehead atoms. The lowest BCUT2D eigenvalue weighted by Crippen LogP contribution is -2.35. The summed E-state index contributed by atoms with van der Waals surface area (Å²) in [6.45, 7) is 3.13. The molecule has 128 valence electrons. The molecule has 0 spiro atoms. The summed E-state index contributed by atoms with van der Waals surface area (Å²) in [6.07, 6.45) is 4.35. The number of ether oxygens (including phenoxy) is 1. The van der Waals surface area contributed by atoms with Crippen molar-refractivity contribution in [3.8, 4) is 0 Å². The Morgan fingerprint density at radius 3 is 2.80 bits per heavy atom. The molecule has 0 saturated carbocycles. The lowest BCUT2D eigenvalue weighted by atomic mass is 10.0. The number of nitrogens with one attached hydrogen (secondary N) is 2. The van der Waals surface area contributed by atoms with Gasteiger partial charge in [-0.05, 0) is 30.7 Å². The van der Waals surface area contributed by atoms with Gasteiger partial charge < -0.3 is 19.6 Å². The smallest absolute Gasteiger partial charge is 0.337 e. The molecule has 1 aromatic carbocycles. The van der Waals surface area contributed by atoms with Crippen LogP contribution in [0.5, 0.6) is 0 Å². The van der Waals surface area contributed by atoms with E-state index in [1.807, 2.05) is 30.2 Å². The van der Waals surface area contributed by atoms with Crippen molar-refractivity contribution in [1.29, 1.82) is 0 Å². The van der Waals surface area contributed by atoms with E-state index in [2.05, 4.69) is 9.97 Å². The number of H-pyrrole nitrogens is 2. The van der Waals surface area contributed by atoms with E-state index in [1.54, 1.807) is 12.3 Å². The standard InChI is InChI=1S/C19H19N3O3/c1-11-8-20-9-14(11)18(23)22-6-5-17-15(10-22)13-7-12(19(24)25-2)3-4-16(13)21-17/h3-4,7-9,20-21H,5-6,10H2,1-2H3. The summed E-state index contributed by atoms with van der Waals surface area (Å²) in [6, 6.07) is 5.48. The summed E-state index contributed by atoms with van der Waals surface area (Å²) < 4.78 is 4.81. The molecule has 0 radical (unpaired) electrons. The third-order valence-corrected chi connectivity index (χ3v) is 4.87. The number of esters is 1. The molecule has 6 nitrogen and oxygen atoms in total. The number of nitrogens with zero attached hydrogens (tertiary/aromatic N) is 1. The minimum absolute atomic E-state index is 0.0304. The van der Waals surface area contributed by atoms with Crippen LogP contribution in [0.3, 0.4) is 0 Å². The van der Waals surface area contributed by atoms with Gasteiger partial charge in [-0.3, -0.25) is 4.79 Å². The van der Waals surface area contributed by atoms with Gasteiger partial charge in [-0.1, -0.05) is 0 Å². The van der Waals surface area contributed by atoms with Gasteiger partial charge in [0, 0.05) is 54.1 Å². The molecule has 6 heteroatoms. The van der Waals surface area contributed by atoms with E-state index in [1.165, 1.54) is 7.11 Å². The van der Waals surface area contributed by atoms with Crippen LogP contribution < -0.4 is 0 Å². The molecule has 2 N–H and O–H groups in total. The second-order valence-corrected chi connectivity index (χ2v) is 6.36. The molecule has 25 heavy (non-hydrogen) atoms. The lowest BCUT2D eigenvalue weighted by Gasteiger charge is -2.27. The van der Waals surface area contributed by atoms with E-state index in [4.69, 9.17) is 4.74 Å². The molecule has 0 saturated heterocycles. The van der Waals surface area contributed by atoms with Crippen molar-refractivity contribution >= 4 is 22.8 Å². The molecule has 1 aliphatic rings. The topological polar surface area (TPSA) is 78.2 Å². The monoisotopic (exact) mass is 337 g/mol. The molecule has 3 heterocycles. The maximum atomic E-state index is 12.8. The van der Waals surface area contributed by atoms with Crippen LogP contribution in [0.25, 0.3) is 10.9 Å². The van der Waals surface area contributed by atoms with Crippen molar-refractivity contribution in [3.05, 3.63) is 58.5 Å². The fourth-order valence-corrected chi connectivity index (χ4v) is 3.47. The Bertz CT molecular complexity index is 983. The first-order valence-electron chi connectivity index (χ1n) is 8.23. The zero-order valence-corrected chi connectivity index (χ0v) is 14.2. The summed E-state index contributed by atoms with van der Waals surface area (Å²) in [5.74, 6) is -0.327. The fraction of sp³-hybridized carbons (Fsp3) is 0.263. The maximum absolute atomic E-state index is 12.8.